The fraction of sp³-hybridized carbons (Fsp3) is 0.550. The van der Waals surface area contributed by atoms with Crippen LogP contribution in [0.2, 0.25) is 0 Å². The molecule has 1 rings (SSSR count). The van der Waals surface area contributed by atoms with Crippen molar-refractivity contribution in [2.75, 3.05) is 19.8 Å². The molecule has 0 heterocycles. The fourth-order valence-corrected chi connectivity index (χ4v) is 3.08. The smallest absolute Gasteiger partial charge is 0.137 e. The molecule has 0 radical (unpaired) electrons. The van der Waals surface area contributed by atoms with E-state index in [1.165, 1.54) is 0 Å². The van der Waals surface area contributed by atoms with Gasteiger partial charge in [0.2, 0.25) is 0 Å². The van der Waals surface area contributed by atoms with Crippen molar-refractivity contribution >= 4 is 53.5 Å². The van der Waals surface area contributed by atoms with Crippen LogP contribution in [0.15, 0.2) is 31.2 Å². The maximum Gasteiger partial charge on any atom is 0.137 e. The Balaban J connectivity index is 2.56. The Kier molecular flexibility index (Phi) is 12.4. The third-order valence-electron chi connectivity index (χ3n) is 3.53. The summed E-state index contributed by atoms with van der Waals surface area (Å²) in [6, 6.07) is 4.01. The van der Waals surface area contributed by atoms with Gasteiger partial charge in [-0.1, -0.05) is 19.0 Å². The first-order chi connectivity index (χ1) is 12.8. The molecule has 0 atom stereocenters. The molecule has 0 bridgehead atoms. The second-order valence-corrected chi connectivity index (χ2v) is 10.2. The first-order valence-electron chi connectivity index (χ1n) is 9.04. The van der Waals surface area contributed by atoms with Gasteiger partial charge in [-0.25, -0.2) is 0 Å². The molecule has 0 amide bonds. The van der Waals surface area contributed by atoms with Crippen LogP contribution in [0.25, 0.3) is 0 Å². The van der Waals surface area contributed by atoms with E-state index in [-0.39, 0.29) is 0 Å². The Morgan fingerprint density at radius 1 is 1.07 bits per heavy atom. The van der Waals surface area contributed by atoms with E-state index in [1.807, 2.05) is 26.0 Å². The zero-order valence-corrected chi connectivity index (χ0v) is 21.1. The minimum Gasteiger partial charge on any atom is -0.492 e. The number of hydrogen-bond donors (Lipinski definition) is 0. The quantitative estimate of drug-likeness (QED) is 0.148. The molecule has 27 heavy (non-hydrogen) atoms. The Morgan fingerprint density at radius 3 is 2.41 bits per heavy atom. The molecular formula is C20H28Br3NO3. The summed E-state index contributed by atoms with van der Waals surface area (Å²) in [5.41, 5.74) is 2.07. The van der Waals surface area contributed by atoms with Crippen molar-refractivity contribution < 1.29 is 14.3 Å². The lowest BCUT2D eigenvalue weighted by atomic mass is 10.0. The van der Waals surface area contributed by atoms with Gasteiger partial charge in [-0.2, -0.15) is 0 Å². The average molecular weight is 570 g/mol. The van der Waals surface area contributed by atoms with Crippen LogP contribution in [0.3, 0.4) is 0 Å². The lowest BCUT2D eigenvalue weighted by molar-refractivity contribution is 0.138. The van der Waals surface area contributed by atoms with Crippen LogP contribution in [0.5, 0.6) is 11.5 Å². The number of benzene rings is 1. The molecule has 0 fully saturated rings. The lowest BCUT2D eigenvalue weighted by Gasteiger charge is -2.18. The first-order valence-corrected chi connectivity index (χ1v) is 11.4. The predicted molar refractivity (Wildman–Crippen MR) is 124 cm³/mol. The molecule has 4 nitrogen and oxygen atoms in total. The summed E-state index contributed by atoms with van der Waals surface area (Å²) in [7, 11) is 0. The lowest BCUT2D eigenvalue weighted by Crippen LogP contribution is -2.04. The molecule has 0 aromatic heterocycles. The summed E-state index contributed by atoms with van der Waals surface area (Å²) in [6.45, 7) is 9.96. The Hall–Kier alpha value is -0.530. The summed E-state index contributed by atoms with van der Waals surface area (Å²) in [5.74, 6) is 2.05. The van der Waals surface area contributed by atoms with Gasteiger partial charge in [0.25, 0.3) is 0 Å². The van der Waals surface area contributed by atoms with Crippen molar-refractivity contribution in [1.82, 2.24) is 0 Å². The van der Waals surface area contributed by atoms with Crippen molar-refractivity contribution in [3.05, 3.63) is 31.6 Å². The zero-order valence-electron chi connectivity index (χ0n) is 16.4. The van der Waals surface area contributed by atoms with Crippen molar-refractivity contribution in [2.45, 2.75) is 52.9 Å². The number of rotatable bonds is 12. The highest BCUT2D eigenvalue weighted by Gasteiger charge is 2.14. The molecule has 0 spiro atoms. The zero-order chi connectivity index (χ0) is 20.2. The average Bonchev–Trinajstić information content (AvgIpc) is 2.57. The van der Waals surface area contributed by atoms with Crippen LogP contribution in [0.1, 0.15) is 58.4 Å². The van der Waals surface area contributed by atoms with Crippen LogP contribution >= 0.6 is 47.8 Å². The molecule has 0 aliphatic carbocycles. The van der Waals surface area contributed by atoms with Crippen molar-refractivity contribution in [3.63, 3.8) is 0 Å². The maximum absolute atomic E-state index is 6.07. The highest BCUT2D eigenvalue weighted by molar-refractivity contribution is 9.28. The topological polar surface area (TPSA) is 40.0 Å². The highest BCUT2D eigenvalue weighted by Crippen LogP contribution is 2.38. The molecule has 0 saturated carbocycles. The van der Waals surface area contributed by atoms with Crippen molar-refractivity contribution in [1.29, 1.82) is 0 Å². The Labute approximate surface area is 188 Å². The number of nitrogens with zero attached hydrogens (tertiary/aromatic N) is 1. The molecule has 1 aromatic carbocycles. The van der Waals surface area contributed by atoms with Gasteiger partial charge in [-0.3, -0.25) is 0 Å². The van der Waals surface area contributed by atoms with Gasteiger partial charge in [-0.15, -0.1) is 0 Å². The van der Waals surface area contributed by atoms with E-state index in [9.17, 15) is 0 Å². The largest absolute Gasteiger partial charge is 0.492 e. The van der Waals surface area contributed by atoms with Crippen LogP contribution in [-0.4, -0.2) is 25.5 Å². The number of unbranched alkanes of at least 4 members (excludes halogenated alkanes) is 2. The van der Waals surface area contributed by atoms with Gasteiger partial charge in [0.15, 0.2) is 0 Å². The molecule has 152 valence electrons. The Bertz CT molecular complexity index is 638. The third kappa shape index (κ3) is 10.5. The van der Waals surface area contributed by atoms with E-state index in [2.05, 4.69) is 72.9 Å². The predicted octanol–water partition coefficient (Wildman–Crippen LogP) is 7.54. The Morgan fingerprint density at radius 2 is 1.78 bits per heavy atom. The molecule has 1 aromatic rings. The minimum absolute atomic E-state index is 0.335. The SMILES string of the molecule is CC(C)=NOCCCCCOc1c(Br)cc(OCC=C(Br)Br)cc1C(C)C. The number of ether oxygens (including phenoxy) is 2. The fourth-order valence-electron chi connectivity index (χ4n) is 2.25. The summed E-state index contributed by atoms with van der Waals surface area (Å²) in [4.78, 5) is 5.21. The molecule has 0 aliphatic heterocycles. The molecule has 0 saturated heterocycles. The standard InChI is InChI=1S/C20H28Br3NO3/c1-14(2)17-12-16(25-11-8-19(22)23)13-18(21)20(17)26-9-6-5-7-10-27-24-15(3)4/h8,12-14H,5-7,9-11H2,1-4H3. The second-order valence-electron chi connectivity index (χ2n) is 6.56. The van der Waals surface area contributed by atoms with Gasteiger partial charge in [0.05, 0.1) is 20.2 Å². The maximum atomic E-state index is 6.07. The van der Waals surface area contributed by atoms with E-state index in [0.717, 1.165) is 49.9 Å². The molecule has 7 heteroatoms. The van der Waals surface area contributed by atoms with Crippen molar-refractivity contribution in [3.8, 4) is 11.5 Å². The third-order valence-corrected chi connectivity index (χ3v) is 4.77. The number of oxime groups is 1. The van der Waals surface area contributed by atoms with Gasteiger partial charge >= 0.3 is 0 Å². The molecular weight excluding hydrogens is 542 g/mol. The number of halogens is 3. The first kappa shape index (κ1) is 24.5. The van der Waals surface area contributed by atoms with E-state index in [4.69, 9.17) is 14.3 Å². The normalized spacial score (nSPS) is 10.5. The second kappa shape index (κ2) is 13.6. The van der Waals surface area contributed by atoms with Gasteiger partial charge < -0.3 is 14.3 Å². The van der Waals surface area contributed by atoms with Crippen LogP contribution in [0, 0.1) is 0 Å². The van der Waals surface area contributed by atoms with E-state index in [0.29, 0.717) is 25.7 Å². The summed E-state index contributed by atoms with van der Waals surface area (Å²) in [5, 5.41) is 3.93. The van der Waals surface area contributed by atoms with Crippen LogP contribution in [0.4, 0.5) is 0 Å². The van der Waals surface area contributed by atoms with Crippen LogP contribution in [-0.2, 0) is 4.84 Å². The summed E-state index contributed by atoms with van der Waals surface area (Å²) < 4.78 is 13.7. The minimum atomic E-state index is 0.335. The van der Waals surface area contributed by atoms with Crippen molar-refractivity contribution in [2.24, 2.45) is 5.16 Å². The van der Waals surface area contributed by atoms with Crippen LogP contribution < -0.4 is 9.47 Å². The van der Waals surface area contributed by atoms with Gasteiger partial charge in [0.1, 0.15) is 24.7 Å². The molecule has 0 aliphatic rings. The van der Waals surface area contributed by atoms with E-state index < -0.39 is 0 Å². The number of hydrogen-bond acceptors (Lipinski definition) is 4. The van der Waals surface area contributed by atoms with E-state index >= 15 is 0 Å². The van der Waals surface area contributed by atoms with E-state index in [1.54, 1.807) is 0 Å². The van der Waals surface area contributed by atoms with Gasteiger partial charge in [-0.05, 0) is 105 Å². The highest BCUT2D eigenvalue weighted by atomic mass is 79.9. The monoisotopic (exact) mass is 567 g/mol. The molecule has 0 N–H and O–H groups in total. The summed E-state index contributed by atoms with van der Waals surface area (Å²) in [6.07, 6.45) is 4.90. The van der Waals surface area contributed by atoms with Gasteiger partial charge in [0, 0.05) is 5.56 Å². The summed E-state index contributed by atoms with van der Waals surface area (Å²) >= 11 is 10.3. The molecule has 0 unspecified atom stereocenters.